The van der Waals surface area contributed by atoms with E-state index in [0.717, 1.165) is 50.3 Å². The number of hydrogen-bond acceptors (Lipinski definition) is 4. The fraction of sp³-hybridized carbons (Fsp3) is 0.474. The molecular formula is C19H24N4. The van der Waals surface area contributed by atoms with Crippen LogP contribution >= 0.6 is 0 Å². The van der Waals surface area contributed by atoms with Gasteiger partial charge in [0.1, 0.15) is 5.82 Å². The first-order chi connectivity index (χ1) is 11.3. The number of aromatic nitrogens is 2. The average Bonchev–Trinajstić information content (AvgIpc) is 2.61. The monoisotopic (exact) mass is 308 g/mol. The number of rotatable bonds is 2. The van der Waals surface area contributed by atoms with Gasteiger partial charge >= 0.3 is 0 Å². The van der Waals surface area contributed by atoms with Crippen LogP contribution in [0.1, 0.15) is 30.9 Å². The van der Waals surface area contributed by atoms with Crippen LogP contribution in [-0.4, -0.2) is 29.6 Å². The van der Waals surface area contributed by atoms with Crippen LogP contribution in [0.3, 0.4) is 0 Å². The molecule has 1 unspecified atom stereocenters. The minimum Gasteiger partial charge on any atom is -0.356 e. The first-order valence-corrected chi connectivity index (χ1v) is 8.69. The topological polar surface area (TPSA) is 32.3 Å². The maximum atomic E-state index is 4.87. The van der Waals surface area contributed by atoms with E-state index >= 15 is 0 Å². The molecule has 2 aromatic rings. The summed E-state index contributed by atoms with van der Waals surface area (Å²) >= 11 is 0. The number of anilines is 2. The number of fused-ring (bicyclic) bond motifs is 1. The van der Waals surface area contributed by atoms with Gasteiger partial charge in [0.05, 0.1) is 0 Å². The summed E-state index contributed by atoms with van der Waals surface area (Å²) in [7, 11) is 0. The molecule has 4 heteroatoms. The van der Waals surface area contributed by atoms with E-state index in [1.807, 2.05) is 6.20 Å². The zero-order chi connectivity index (χ0) is 15.6. The second-order valence-electron chi connectivity index (χ2n) is 6.85. The minimum absolute atomic E-state index is 0.754. The molecule has 1 aromatic heterocycles. The lowest BCUT2D eigenvalue weighted by atomic mass is 10.0. The Labute approximate surface area is 138 Å². The van der Waals surface area contributed by atoms with Gasteiger partial charge in [0.25, 0.3) is 0 Å². The van der Waals surface area contributed by atoms with Crippen molar-refractivity contribution in [1.82, 2.24) is 9.97 Å². The van der Waals surface area contributed by atoms with Gasteiger partial charge in [0.15, 0.2) is 0 Å². The van der Waals surface area contributed by atoms with Crippen LogP contribution in [0, 0.1) is 5.92 Å². The lowest BCUT2D eigenvalue weighted by Crippen LogP contribution is -2.36. The third kappa shape index (κ3) is 3.03. The van der Waals surface area contributed by atoms with E-state index in [0.29, 0.717) is 0 Å². The van der Waals surface area contributed by atoms with E-state index in [2.05, 4.69) is 52.0 Å². The molecule has 0 N–H and O–H groups in total. The second kappa shape index (κ2) is 6.19. The van der Waals surface area contributed by atoms with Crippen molar-refractivity contribution in [1.29, 1.82) is 0 Å². The second-order valence-corrected chi connectivity index (χ2v) is 6.85. The molecular weight excluding hydrogens is 284 g/mol. The van der Waals surface area contributed by atoms with Gasteiger partial charge in [-0.25, -0.2) is 4.98 Å². The van der Waals surface area contributed by atoms with Crippen molar-refractivity contribution >= 4 is 11.8 Å². The predicted octanol–water partition coefficient (Wildman–Crippen LogP) is 3.28. The van der Waals surface area contributed by atoms with Crippen molar-refractivity contribution in [3.63, 3.8) is 0 Å². The summed E-state index contributed by atoms with van der Waals surface area (Å²) in [6.45, 7) is 6.46. The zero-order valence-electron chi connectivity index (χ0n) is 13.8. The molecule has 1 fully saturated rings. The van der Waals surface area contributed by atoms with E-state index < -0.39 is 0 Å². The quantitative estimate of drug-likeness (QED) is 0.852. The summed E-state index contributed by atoms with van der Waals surface area (Å²) in [4.78, 5) is 14.1. The highest BCUT2D eigenvalue weighted by Gasteiger charge is 2.21. The summed E-state index contributed by atoms with van der Waals surface area (Å²) in [5, 5.41) is 0. The molecule has 0 bridgehead atoms. The zero-order valence-corrected chi connectivity index (χ0v) is 13.8. The Morgan fingerprint density at radius 2 is 1.91 bits per heavy atom. The van der Waals surface area contributed by atoms with E-state index in [-0.39, 0.29) is 0 Å². The smallest absolute Gasteiger partial charge is 0.227 e. The lowest BCUT2D eigenvalue weighted by molar-refractivity contribution is 0.444. The molecule has 23 heavy (non-hydrogen) atoms. The summed E-state index contributed by atoms with van der Waals surface area (Å²) in [5.74, 6) is 2.71. The van der Waals surface area contributed by atoms with Crippen molar-refractivity contribution in [2.24, 2.45) is 5.92 Å². The highest BCUT2D eigenvalue weighted by molar-refractivity contribution is 5.46. The molecule has 1 atom stereocenters. The van der Waals surface area contributed by atoms with Crippen LogP contribution in [0.5, 0.6) is 0 Å². The minimum atomic E-state index is 0.754. The average molecular weight is 308 g/mol. The number of benzene rings is 1. The van der Waals surface area contributed by atoms with Gasteiger partial charge < -0.3 is 9.80 Å². The first-order valence-electron chi connectivity index (χ1n) is 8.69. The Hall–Kier alpha value is -2.10. The molecule has 1 saturated heterocycles. The summed E-state index contributed by atoms with van der Waals surface area (Å²) in [6, 6.07) is 10.8. The Morgan fingerprint density at radius 3 is 2.78 bits per heavy atom. The summed E-state index contributed by atoms with van der Waals surface area (Å²) in [5.41, 5.74) is 2.86. The van der Waals surface area contributed by atoms with E-state index in [4.69, 9.17) is 4.98 Å². The Kier molecular flexibility index (Phi) is 3.90. The largest absolute Gasteiger partial charge is 0.356 e. The van der Waals surface area contributed by atoms with Crippen molar-refractivity contribution in [2.75, 3.05) is 29.4 Å². The van der Waals surface area contributed by atoms with Crippen molar-refractivity contribution in [2.45, 2.75) is 32.7 Å². The van der Waals surface area contributed by atoms with Crippen LogP contribution in [0.2, 0.25) is 0 Å². The van der Waals surface area contributed by atoms with Crippen molar-refractivity contribution in [3.05, 3.63) is 47.7 Å². The maximum absolute atomic E-state index is 4.87. The molecule has 120 valence electrons. The normalized spacial score (nSPS) is 21.2. The van der Waals surface area contributed by atoms with E-state index in [1.54, 1.807) is 0 Å². The van der Waals surface area contributed by atoms with Gasteiger partial charge in [0.2, 0.25) is 5.95 Å². The van der Waals surface area contributed by atoms with Gasteiger partial charge in [-0.2, -0.15) is 4.98 Å². The summed E-state index contributed by atoms with van der Waals surface area (Å²) in [6.07, 6.45) is 5.58. The van der Waals surface area contributed by atoms with E-state index in [1.165, 1.54) is 24.0 Å². The molecule has 0 spiro atoms. The fourth-order valence-electron chi connectivity index (χ4n) is 3.73. The van der Waals surface area contributed by atoms with Gasteiger partial charge in [-0.05, 0) is 42.4 Å². The molecule has 0 aliphatic carbocycles. The number of piperidine rings is 1. The predicted molar refractivity (Wildman–Crippen MR) is 93.8 cm³/mol. The third-order valence-electron chi connectivity index (χ3n) is 5.02. The van der Waals surface area contributed by atoms with Crippen LogP contribution < -0.4 is 9.80 Å². The number of nitrogens with zero attached hydrogens (tertiary/aromatic N) is 4. The molecule has 0 radical (unpaired) electrons. The van der Waals surface area contributed by atoms with Crippen molar-refractivity contribution in [3.8, 4) is 0 Å². The molecule has 0 amide bonds. The third-order valence-corrected chi connectivity index (χ3v) is 5.02. The first kappa shape index (κ1) is 14.5. The SMILES string of the molecule is CC1CCCN(c2ccnc(N3CCc4ccccc4C3)n2)C1. The molecule has 2 aliphatic heterocycles. The van der Waals surface area contributed by atoms with Gasteiger partial charge in [0, 0.05) is 32.4 Å². The van der Waals surface area contributed by atoms with Gasteiger partial charge in [-0.1, -0.05) is 31.2 Å². The Morgan fingerprint density at radius 1 is 1.04 bits per heavy atom. The Balaban J connectivity index is 1.55. The highest BCUT2D eigenvalue weighted by Crippen LogP contribution is 2.25. The molecule has 3 heterocycles. The summed E-state index contributed by atoms with van der Waals surface area (Å²) < 4.78 is 0. The van der Waals surface area contributed by atoms with Crippen LogP contribution in [0.15, 0.2) is 36.5 Å². The number of hydrogen-bond donors (Lipinski definition) is 0. The van der Waals surface area contributed by atoms with Gasteiger partial charge in [-0.15, -0.1) is 0 Å². The van der Waals surface area contributed by atoms with Crippen molar-refractivity contribution < 1.29 is 0 Å². The molecule has 0 saturated carbocycles. The molecule has 1 aromatic carbocycles. The van der Waals surface area contributed by atoms with E-state index in [9.17, 15) is 0 Å². The molecule has 4 nitrogen and oxygen atoms in total. The highest BCUT2D eigenvalue weighted by atomic mass is 15.3. The Bertz CT molecular complexity index is 685. The van der Waals surface area contributed by atoms with Gasteiger partial charge in [-0.3, -0.25) is 0 Å². The maximum Gasteiger partial charge on any atom is 0.227 e. The van der Waals surface area contributed by atoms with Crippen LogP contribution in [-0.2, 0) is 13.0 Å². The fourth-order valence-corrected chi connectivity index (χ4v) is 3.73. The molecule has 4 rings (SSSR count). The molecule has 2 aliphatic rings. The standard InChI is InChI=1S/C19H24N4/c1-15-5-4-11-22(13-15)18-8-10-20-19(21-18)23-12-9-16-6-2-3-7-17(16)14-23/h2-3,6-8,10,15H,4-5,9,11-14H2,1H3. The lowest BCUT2D eigenvalue weighted by Gasteiger charge is -2.33. The van der Waals surface area contributed by atoms with Crippen LogP contribution in [0.4, 0.5) is 11.8 Å². The van der Waals surface area contributed by atoms with Crippen LogP contribution in [0.25, 0.3) is 0 Å².